The Labute approximate surface area is 337 Å². The zero-order chi connectivity index (χ0) is 41.5. The number of aromatic nitrogens is 4. The summed E-state index contributed by atoms with van der Waals surface area (Å²) < 4.78 is 41.8. The van der Waals surface area contributed by atoms with Gasteiger partial charge in [0.15, 0.2) is 0 Å². The third-order valence-electron chi connectivity index (χ3n) is 9.84. The molecule has 0 unspecified atom stereocenters. The van der Waals surface area contributed by atoms with E-state index in [0.717, 1.165) is 63.4 Å². The zero-order valence-corrected chi connectivity index (χ0v) is 32.3. The number of piperidine rings is 1. The van der Waals surface area contributed by atoms with E-state index in [2.05, 4.69) is 51.3 Å². The Morgan fingerprint density at radius 2 is 1.22 bits per heavy atom. The molecule has 58 heavy (non-hydrogen) atoms. The maximum Gasteiger partial charge on any atom is 0.573 e. The van der Waals surface area contributed by atoms with Crippen LogP contribution in [-0.2, 0) is 13.1 Å². The van der Waals surface area contributed by atoms with Crippen molar-refractivity contribution in [2.45, 2.75) is 58.0 Å². The minimum Gasteiger partial charge on any atom is -0.405 e. The van der Waals surface area contributed by atoms with Crippen molar-refractivity contribution in [1.29, 1.82) is 0 Å². The van der Waals surface area contributed by atoms with Crippen molar-refractivity contribution in [2.75, 3.05) is 54.0 Å². The standard InChI is InChI=1S/C20H25F3N6O3.C17H21ClN6O2/c21-20(22,23)32-17-4-2-1-3-15(17)11-26-19-27-12-16(29(30)31)18(28-19)25-10-14-7-5-13(9-24)6-8-14;18-14-4-2-1-3-13(14)10-21-17-22-11-15(24(25)26)16(23-17)20-9-12-5-7-19-8-6-12/h1-4,12-14H,5-11,24H2,(H2,25,26,27,28);1-4,11-12,19H,5-10H2,(H2,20,21,22,23)/t13-,14-;. The summed E-state index contributed by atoms with van der Waals surface area (Å²) in [5.74, 6) is 1.69. The molecule has 312 valence electrons. The average molecular weight is 831 g/mol. The van der Waals surface area contributed by atoms with Crippen LogP contribution >= 0.6 is 11.6 Å². The molecule has 0 spiro atoms. The minimum atomic E-state index is -4.82. The van der Waals surface area contributed by atoms with E-state index in [4.69, 9.17) is 17.3 Å². The van der Waals surface area contributed by atoms with Gasteiger partial charge in [0.1, 0.15) is 18.1 Å². The van der Waals surface area contributed by atoms with Crippen molar-refractivity contribution in [2.24, 2.45) is 23.5 Å². The van der Waals surface area contributed by atoms with E-state index in [0.29, 0.717) is 54.9 Å². The molecule has 4 aromatic rings. The summed E-state index contributed by atoms with van der Waals surface area (Å²) in [5.41, 5.74) is 6.46. The summed E-state index contributed by atoms with van der Waals surface area (Å²) >= 11 is 6.14. The second-order valence-electron chi connectivity index (χ2n) is 13.9. The van der Waals surface area contributed by atoms with Crippen LogP contribution in [0.1, 0.15) is 49.7 Å². The number of para-hydroxylation sites is 1. The summed E-state index contributed by atoms with van der Waals surface area (Å²) in [5, 5.41) is 38.6. The maximum atomic E-state index is 12.6. The van der Waals surface area contributed by atoms with E-state index < -0.39 is 16.2 Å². The lowest BCUT2D eigenvalue weighted by Crippen LogP contribution is -2.31. The van der Waals surface area contributed by atoms with Gasteiger partial charge < -0.3 is 37.1 Å². The number of nitro groups is 2. The second kappa shape index (κ2) is 21.2. The fraction of sp³-hybridized carbons (Fsp3) is 0.459. The van der Waals surface area contributed by atoms with Crippen molar-refractivity contribution in [3.63, 3.8) is 0 Å². The molecule has 17 nitrogen and oxygen atoms in total. The molecule has 0 radical (unpaired) electrons. The molecule has 2 aliphatic rings. The van der Waals surface area contributed by atoms with Crippen LogP contribution in [0.25, 0.3) is 0 Å². The number of nitrogens with two attached hydrogens (primary N) is 1. The largest absolute Gasteiger partial charge is 0.573 e. The molecule has 1 aliphatic heterocycles. The predicted octanol–water partition coefficient (Wildman–Crippen LogP) is 7.13. The Hall–Kier alpha value is -5.60. The summed E-state index contributed by atoms with van der Waals surface area (Å²) in [7, 11) is 0. The molecule has 1 saturated carbocycles. The fourth-order valence-electron chi connectivity index (χ4n) is 6.55. The van der Waals surface area contributed by atoms with E-state index in [-0.39, 0.29) is 46.8 Å². The van der Waals surface area contributed by atoms with E-state index in [1.54, 1.807) is 12.1 Å². The highest BCUT2D eigenvalue weighted by atomic mass is 35.5. The van der Waals surface area contributed by atoms with E-state index in [9.17, 15) is 33.4 Å². The molecule has 0 bridgehead atoms. The first-order valence-electron chi connectivity index (χ1n) is 18.8. The van der Waals surface area contributed by atoms with Crippen LogP contribution in [0.4, 0.5) is 48.1 Å². The van der Waals surface area contributed by atoms with Gasteiger partial charge in [-0.1, -0.05) is 48.0 Å². The van der Waals surface area contributed by atoms with Crippen molar-refractivity contribution in [1.82, 2.24) is 25.3 Å². The van der Waals surface area contributed by atoms with Gasteiger partial charge in [-0.2, -0.15) is 9.97 Å². The first kappa shape index (κ1) is 43.5. The minimum absolute atomic E-state index is 0.0479. The zero-order valence-electron chi connectivity index (χ0n) is 31.5. The molecule has 6 rings (SSSR count). The lowest BCUT2D eigenvalue weighted by Gasteiger charge is -2.27. The van der Waals surface area contributed by atoms with Crippen LogP contribution in [-0.4, -0.2) is 68.9 Å². The average Bonchev–Trinajstić information content (AvgIpc) is 3.21. The van der Waals surface area contributed by atoms with Gasteiger partial charge in [-0.25, -0.2) is 9.97 Å². The number of hydrogen-bond donors (Lipinski definition) is 6. The van der Waals surface area contributed by atoms with Crippen LogP contribution in [0, 0.1) is 38.0 Å². The molecule has 21 heteroatoms. The molecule has 1 aliphatic carbocycles. The Balaban J connectivity index is 0.000000226. The van der Waals surface area contributed by atoms with Crippen LogP contribution in [0.5, 0.6) is 5.75 Å². The highest BCUT2D eigenvalue weighted by Gasteiger charge is 2.32. The topological polar surface area (TPSA) is 233 Å². The quantitative estimate of drug-likeness (QED) is 0.0487. The molecule has 2 aromatic heterocycles. The molecule has 1 saturated heterocycles. The van der Waals surface area contributed by atoms with Crippen molar-refractivity contribution >= 4 is 46.5 Å². The molecule has 2 aromatic carbocycles. The lowest BCUT2D eigenvalue weighted by atomic mass is 9.82. The summed E-state index contributed by atoms with van der Waals surface area (Å²) in [6.07, 6.45) is 3.59. The Bertz CT molecular complexity index is 1970. The normalized spacial score (nSPS) is 17.0. The highest BCUT2D eigenvalue weighted by molar-refractivity contribution is 6.31. The number of nitrogens with zero attached hydrogens (tertiary/aromatic N) is 6. The van der Waals surface area contributed by atoms with Gasteiger partial charge in [-0.05, 0) is 93.6 Å². The van der Waals surface area contributed by atoms with Gasteiger partial charge in [0.05, 0.1) is 9.85 Å². The summed E-state index contributed by atoms with van der Waals surface area (Å²) in [6.45, 7) is 4.17. The van der Waals surface area contributed by atoms with Crippen molar-refractivity contribution in [3.05, 3.63) is 97.3 Å². The van der Waals surface area contributed by atoms with Gasteiger partial charge >= 0.3 is 17.7 Å². The van der Waals surface area contributed by atoms with Crippen molar-refractivity contribution in [3.8, 4) is 5.75 Å². The number of benzene rings is 2. The number of ether oxygens (including phenoxy) is 1. The number of anilines is 4. The Morgan fingerprint density at radius 3 is 1.74 bits per heavy atom. The van der Waals surface area contributed by atoms with Gasteiger partial charge in [0.2, 0.25) is 23.5 Å². The van der Waals surface area contributed by atoms with Crippen LogP contribution in [0.2, 0.25) is 5.02 Å². The van der Waals surface area contributed by atoms with E-state index in [1.807, 2.05) is 18.2 Å². The predicted molar refractivity (Wildman–Crippen MR) is 214 cm³/mol. The molecular formula is C37H46ClF3N12O5. The van der Waals surface area contributed by atoms with Crippen molar-refractivity contribution < 1.29 is 27.8 Å². The van der Waals surface area contributed by atoms with Crippen LogP contribution in [0.3, 0.4) is 0 Å². The third kappa shape index (κ3) is 13.5. The molecule has 0 atom stereocenters. The number of alkyl halides is 3. The molecular weight excluding hydrogens is 785 g/mol. The van der Waals surface area contributed by atoms with Crippen LogP contribution < -0.4 is 37.1 Å². The highest BCUT2D eigenvalue weighted by Crippen LogP contribution is 2.31. The van der Waals surface area contributed by atoms with E-state index in [1.165, 1.54) is 24.4 Å². The fourth-order valence-corrected chi connectivity index (χ4v) is 6.75. The Morgan fingerprint density at radius 1 is 0.741 bits per heavy atom. The second-order valence-corrected chi connectivity index (χ2v) is 14.3. The number of halogens is 4. The van der Waals surface area contributed by atoms with Gasteiger partial charge in [0, 0.05) is 36.8 Å². The molecule has 7 N–H and O–H groups in total. The monoisotopic (exact) mass is 830 g/mol. The molecule has 2 fully saturated rings. The Kier molecular flexibility index (Phi) is 15.9. The number of hydrogen-bond acceptors (Lipinski definition) is 15. The smallest absolute Gasteiger partial charge is 0.405 e. The molecule has 0 amide bonds. The third-order valence-corrected chi connectivity index (χ3v) is 10.2. The maximum absolute atomic E-state index is 12.6. The van der Waals surface area contributed by atoms with Gasteiger partial charge in [-0.3, -0.25) is 20.2 Å². The van der Waals surface area contributed by atoms with Gasteiger partial charge in [-0.15, -0.1) is 13.2 Å². The van der Waals surface area contributed by atoms with Crippen LogP contribution in [0.15, 0.2) is 60.9 Å². The first-order valence-corrected chi connectivity index (χ1v) is 19.2. The van der Waals surface area contributed by atoms with Gasteiger partial charge in [0.25, 0.3) is 0 Å². The number of nitrogens with one attached hydrogen (secondary N) is 5. The first-order chi connectivity index (χ1) is 27.9. The number of rotatable bonds is 16. The summed E-state index contributed by atoms with van der Waals surface area (Å²) in [6, 6.07) is 13.1. The lowest BCUT2D eigenvalue weighted by molar-refractivity contribution is -0.384. The summed E-state index contributed by atoms with van der Waals surface area (Å²) in [4.78, 5) is 38.0. The molecule has 3 heterocycles. The van der Waals surface area contributed by atoms with E-state index >= 15 is 0 Å². The SMILES string of the molecule is NC[C@H]1CC[C@H](CNc2nc(NCc3ccccc3OC(F)(F)F)ncc2[N+](=O)[O-])CC1.O=[N+]([O-])c1cnc(NCc2ccccc2Cl)nc1NCC1CCNCC1.